The number of sulfonamides is 1. The first-order chi connectivity index (χ1) is 15.3. The predicted molar refractivity (Wildman–Crippen MR) is 122 cm³/mol. The molecule has 0 unspecified atom stereocenters. The van der Waals surface area contributed by atoms with E-state index in [1.54, 1.807) is 36.5 Å². The molecule has 1 amide bonds. The van der Waals surface area contributed by atoms with Crippen molar-refractivity contribution in [2.24, 2.45) is 7.05 Å². The summed E-state index contributed by atoms with van der Waals surface area (Å²) >= 11 is 1.51. The van der Waals surface area contributed by atoms with Gasteiger partial charge in [-0.15, -0.1) is 0 Å². The zero-order chi connectivity index (χ0) is 22.7. The van der Waals surface area contributed by atoms with Crippen molar-refractivity contribution in [2.45, 2.75) is 15.8 Å². The molecule has 0 aliphatic carbocycles. The number of hydrogen-bond acceptors (Lipinski definition) is 7. The van der Waals surface area contributed by atoms with Crippen molar-refractivity contribution in [3.05, 3.63) is 60.3 Å². The van der Waals surface area contributed by atoms with Gasteiger partial charge in [-0.05, 0) is 37.4 Å². The molecule has 32 heavy (non-hydrogen) atoms. The molecule has 9 nitrogen and oxygen atoms in total. The summed E-state index contributed by atoms with van der Waals surface area (Å²) in [6.07, 6.45) is 3.59. The lowest BCUT2D eigenvalue weighted by molar-refractivity contribution is 0.0995. The Morgan fingerprint density at radius 3 is 2.66 bits per heavy atom. The topological polar surface area (TPSA) is 101 Å². The van der Waals surface area contributed by atoms with Gasteiger partial charge in [-0.3, -0.25) is 4.79 Å². The molecule has 3 heterocycles. The van der Waals surface area contributed by atoms with Crippen LogP contribution in [-0.2, 0) is 22.8 Å². The van der Waals surface area contributed by atoms with E-state index in [1.807, 2.05) is 24.9 Å². The summed E-state index contributed by atoms with van der Waals surface area (Å²) < 4.78 is 35.0. The van der Waals surface area contributed by atoms with E-state index in [2.05, 4.69) is 15.2 Å². The fourth-order valence-corrected chi connectivity index (χ4v) is 5.60. The summed E-state index contributed by atoms with van der Waals surface area (Å²) in [6, 6.07) is 9.65. The highest BCUT2D eigenvalue weighted by atomic mass is 32.2. The quantitative estimate of drug-likeness (QED) is 0.524. The highest BCUT2D eigenvalue weighted by Gasteiger charge is 2.27. The molecule has 3 aromatic rings. The number of nitrogens with zero attached hydrogens (tertiary/aromatic N) is 4. The summed E-state index contributed by atoms with van der Waals surface area (Å²) in [5.74, 6) is 0.909. The number of carbonyl (C=O) groups excluding carboxylic acids is 1. The van der Waals surface area contributed by atoms with Gasteiger partial charge in [0.05, 0.1) is 10.6 Å². The first kappa shape index (κ1) is 22.6. The van der Waals surface area contributed by atoms with Gasteiger partial charge in [0.1, 0.15) is 5.76 Å². The number of nitrogens with one attached hydrogen (secondary N) is 1. The van der Waals surface area contributed by atoms with Gasteiger partial charge in [0.25, 0.3) is 5.91 Å². The molecule has 0 atom stereocenters. The van der Waals surface area contributed by atoms with Crippen molar-refractivity contribution in [1.82, 2.24) is 18.8 Å². The standard InChI is InChI=1S/C21H25N5O4S2/c1-24-10-12-26(13-11-24)32(28,29)18-5-3-4-16(14-18)23-20(27)19-7-6-17(30-19)15-31-21-22-8-9-25(21)2/h3-9,14H,10-13,15H2,1-2H3,(H,23,27). The van der Waals surface area contributed by atoms with Crippen molar-refractivity contribution in [3.63, 3.8) is 0 Å². The Bertz CT molecular complexity index is 1200. The lowest BCUT2D eigenvalue weighted by Gasteiger charge is -2.31. The summed E-state index contributed by atoms with van der Waals surface area (Å²) in [7, 11) is 0.265. The average molecular weight is 476 g/mol. The van der Waals surface area contributed by atoms with Crippen LogP contribution in [0, 0.1) is 0 Å². The normalized spacial score (nSPS) is 15.7. The maximum Gasteiger partial charge on any atom is 0.291 e. The van der Waals surface area contributed by atoms with Crippen molar-refractivity contribution in [1.29, 1.82) is 0 Å². The first-order valence-corrected chi connectivity index (χ1v) is 12.5. The van der Waals surface area contributed by atoms with Crippen LogP contribution in [0.5, 0.6) is 0 Å². The smallest absolute Gasteiger partial charge is 0.291 e. The van der Waals surface area contributed by atoms with Crippen LogP contribution in [0.4, 0.5) is 5.69 Å². The second-order valence-corrected chi connectivity index (χ2v) is 10.4. The molecule has 1 aromatic carbocycles. The molecule has 0 radical (unpaired) electrons. The molecule has 11 heteroatoms. The minimum Gasteiger partial charge on any atom is -0.455 e. The highest BCUT2D eigenvalue weighted by Crippen LogP contribution is 2.24. The zero-order valence-corrected chi connectivity index (χ0v) is 19.5. The van der Waals surface area contributed by atoms with Crippen LogP contribution < -0.4 is 5.32 Å². The Morgan fingerprint density at radius 1 is 1.16 bits per heavy atom. The molecular formula is C21H25N5O4S2. The Balaban J connectivity index is 1.41. The zero-order valence-electron chi connectivity index (χ0n) is 17.9. The van der Waals surface area contributed by atoms with Crippen molar-refractivity contribution in [2.75, 3.05) is 38.5 Å². The number of aryl methyl sites for hydroxylation is 1. The van der Waals surface area contributed by atoms with Gasteiger partial charge < -0.3 is 19.2 Å². The number of anilines is 1. The third kappa shape index (κ3) is 5.07. The molecule has 1 fully saturated rings. The number of aromatic nitrogens is 2. The Kier molecular flexibility index (Phi) is 6.70. The van der Waals surface area contributed by atoms with Gasteiger partial charge in [0.2, 0.25) is 10.0 Å². The molecule has 1 saturated heterocycles. The number of likely N-dealkylation sites (N-methyl/N-ethyl adjacent to an activating group) is 1. The average Bonchev–Trinajstić information content (AvgIpc) is 3.41. The molecule has 0 bridgehead atoms. The van der Waals surface area contributed by atoms with Gasteiger partial charge in [0.15, 0.2) is 10.9 Å². The van der Waals surface area contributed by atoms with E-state index in [1.165, 1.54) is 22.1 Å². The van der Waals surface area contributed by atoms with E-state index in [4.69, 9.17) is 4.42 Å². The van der Waals surface area contributed by atoms with Crippen LogP contribution in [0.2, 0.25) is 0 Å². The summed E-state index contributed by atoms with van der Waals surface area (Å²) in [4.78, 5) is 19.1. The molecule has 1 N–H and O–H groups in total. The predicted octanol–water partition coefficient (Wildman–Crippen LogP) is 2.49. The van der Waals surface area contributed by atoms with Gasteiger partial charge in [-0.2, -0.15) is 4.31 Å². The Hall–Kier alpha value is -2.60. The van der Waals surface area contributed by atoms with E-state index in [0.29, 0.717) is 43.4 Å². The van der Waals surface area contributed by atoms with Crippen molar-refractivity contribution in [3.8, 4) is 0 Å². The fraction of sp³-hybridized carbons (Fsp3) is 0.333. The molecule has 1 aliphatic rings. The van der Waals surface area contributed by atoms with Crippen LogP contribution in [-0.4, -0.2) is 66.3 Å². The Morgan fingerprint density at radius 2 is 1.94 bits per heavy atom. The SMILES string of the molecule is CN1CCN(S(=O)(=O)c2cccc(NC(=O)c3ccc(CSc4nccn4C)o3)c2)CC1. The lowest BCUT2D eigenvalue weighted by atomic mass is 10.3. The molecule has 170 valence electrons. The fourth-order valence-electron chi connectivity index (χ4n) is 3.31. The number of imidazole rings is 1. The van der Waals surface area contributed by atoms with Gasteiger partial charge in [-0.25, -0.2) is 13.4 Å². The monoisotopic (exact) mass is 475 g/mol. The molecule has 2 aromatic heterocycles. The summed E-state index contributed by atoms with van der Waals surface area (Å²) in [5, 5.41) is 3.58. The van der Waals surface area contributed by atoms with Gasteiger partial charge >= 0.3 is 0 Å². The molecule has 0 spiro atoms. The number of hydrogen-bond donors (Lipinski definition) is 1. The summed E-state index contributed by atoms with van der Waals surface area (Å²) in [5.41, 5.74) is 0.394. The Labute approximate surface area is 191 Å². The minimum absolute atomic E-state index is 0.159. The third-order valence-electron chi connectivity index (χ3n) is 5.20. The van der Waals surface area contributed by atoms with E-state index in [9.17, 15) is 13.2 Å². The van der Waals surface area contributed by atoms with Crippen molar-refractivity contribution >= 4 is 33.4 Å². The van der Waals surface area contributed by atoms with Crippen LogP contribution in [0.15, 0.2) is 63.3 Å². The maximum atomic E-state index is 13.0. The minimum atomic E-state index is -3.62. The van der Waals surface area contributed by atoms with Crippen LogP contribution in [0.3, 0.4) is 0 Å². The second kappa shape index (κ2) is 9.49. The number of thioether (sulfide) groups is 1. The number of rotatable bonds is 7. The summed E-state index contributed by atoms with van der Waals surface area (Å²) in [6.45, 7) is 2.27. The van der Waals surface area contributed by atoms with E-state index in [-0.39, 0.29) is 10.7 Å². The number of amides is 1. The number of piperazine rings is 1. The highest BCUT2D eigenvalue weighted by molar-refractivity contribution is 7.98. The second-order valence-electron chi connectivity index (χ2n) is 7.56. The maximum absolute atomic E-state index is 13.0. The molecule has 0 saturated carbocycles. The number of benzene rings is 1. The van der Waals surface area contributed by atoms with Crippen LogP contribution in [0.1, 0.15) is 16.3 Å². The molecular weight excluding hydrogens is 450 g/mol. The lowest BCUT2D eigenvalue weighted by Crippen LogP contribution is -2.47. The van der Waals surface area contributed by atoms with E-state index >= 15 is 0 Å². The first-order valence-electron chi connectivity index (χ1n) is 10.1. The number of carbonyl (C=O) groups is 1. The molecule has 1 aliphatic heterocycles. The largest absolute Gasteiger partial charge is 0.455 e. The van der Waals surface area contributed by atoms with Gasteiger partial charge in [-0.1, -0.05) is 17.8 Å². The van der Waals surface area contributed by atoms with E-state index < -0.39 is 15.9 Å². The third-order valence-corrected chi connectivity index (χ3v) is 8.17. The number of furan rings is 1. The van der Waals surface area contributed by atoms with E-state index in [0.717, 1.165) is 5.16 Å². The van der Waals surface area contributed by atoms with Crippen molar-refractivity contribution < 1.29 is 17.6 Å². The van der Waals surface area contributed by atoms with Crippen LogP contribution in [0.25, 0.3) is 0 Å². The molecule has 4 rings (SSSR count). The van der Waals surface area contributed by atoms with Crippen LogP contribution >= 0.6 is 11.8 Å². The van der Waals surface area contributed by atoms with Gasteiger partial charge in [0, 0.05) is 51.3 Å².